The van der Waals surface area contributed by atoms with Gasteiger partial charge in [0.05, 0.1) is 12.8 Å². The van der Waals surface area contributed by atoms with Crippen LogP contribution in [-0.4, -0.2) is 26.4 Å². The van der Waals surface area contributed by atoms with E-state index < -0.39 is 0 Å². The highest BCUT2D eigenvalue weighted by atomic mass is 16.5. The molecule has 0 spiro atoms. The molecule has 0 aliphatic rings. The molecule has 0 unspecified atom stereocenters. The zero-order chi connectivity index (χ0) is 14.5. The van der Waals surface area contributed by atoms with E-state index >= 15 is 0 Å². The molecule has 7 heteroatoms. The van der Waals surface area contributed by atoms with Crippen LogP contribution in [0.25, 0.3) is 0 Å². The van der Waals surface area contributed by atoms with Crippen molar-refractivity contribution in [2.45, 2.75) is 26.8 Å². The van der Waals surface area contributed by atoms with E-state index in [4.69, 9.17) is 10.5 Å². The first kappa shape index (κ1) is 14.1. The Hall–Kier alpha value is -2.31. The highest BCUT2D eigenvalue weighted by Crippen LogP contribution is 2.15. The topological polar surface area (TPSA) is 90.9 Å². The Kier molecular flexibility index (Phi) is 4.39. The Morgan fingerprint density at radius 2 is 2.20 bits per heavy atom. The van der Waals surface area contributed by atoms with Crippen molar-refractivity contribution < 1.29 is 4.74 Å². The number of hydrogen-bond acceptors (Lipinski definition) is 6. The van der Waals surface area contributed by atoms with Crippen LogP contribution in [-0.2, 0) is 13.6 Å². The number of nitrogens with one attached hydrogen (secondary N) is 1. The van der Waals surface area contributed by atoms with Gasteiger partial charge in [0.15, 0.2) is 0 Å². The average Bonchev–Trinajstić information content (AvgIpc) is 2.74. The van der Waals surface area contributed by atoms with Gasteiger partial charge in [-0.2, -0.15) is 10.1 Å². The molecule has 7 nitrogen and oxygen atoms in total. The van der Waals surface area contributed by atoms with E-state index in [1.165, 1.54) is 0 Å². The van der Waals surface area contributed by atoms with Crippen molar-refractivity contribution in [3.8, 4) is 5.88 Å². The Morgan fingerprint density at radius 3 is 2.85 bits per heavy atom. The van der Waals surface area contributed by atoms with E-state index in [1.807, 2.05) is 13.0 Å². The van der Waals surface area contributed by atoms with Crippen LogP contribution in [0, 0.1) is 6.92 Å². The zero-order valence-electron chi connectivity index (χ0n) is 12.1. The fourth-order valence-corrected chi connectivity index (χ4v) is 1.70. The van der Waals surface area contributed by atoms with Crippen LogP contribution < -0.4 is 15.8 Å². The van der Waals surface area contributed by atoms with Gasteiger partial charge in [0.2, 0.25) is 11.8 Å². The van der Waals surface area contributed by atoms with Crippen molar-refractivity contribution in [3.63, 3.8) is 0 Å². The van der Waals surface area contributed by atoms with E-state index in [1.54, 1.807) is 17.9 Å². The van der Waals surface area contributed by atoms with Gasteiger partial charge in [-0.1, -0.05) is 6.92 Å². The fourth-order valence-electron chi connectivity index (χ4n) is 1.70. The van der Waals surface area contributed by atoms with Gasteiger partial charge in [-0.3, -0.25) is 4.68 Å². The molecule has 0 amide bonds. The van der Waals surface area contributed by atoms with Crippen LogP contribution in [0.2, 0.25) is 0 Å². The number of aromatic nitrogens is 4. The molecule has 0 aromatic carbocycles. The molecule has 0 saturated heterocycles. The van der Waals surface area contributed by atoms with Crippen molar-refractivity contribution >= 4 is 11.8 Å². The van der Waals surface area contributed by atoms with Crippen molar-refractivity contribution in [1.82, 2.24) is 19.7 Å². The molecule has 0 aliphatic heterocycles. The van der Waals surface area contributed by atoms with Crippen molar-refractivity contribution in [3.05, 3.63) is 23.5 Å². The second kappa shape index (κ2) is 6.23. The first-order chi connectivity index (χ1) is 9.60. The number of rotatable bonds is 6. The summed E-state index contributed by atoms with van der Waals surface area (Å²) in [5.41, 5.74) is 7.65. The van der Waals surface area contributed by atoms with Crippen molar-refractivity contribution in [2.24, 2.45) is 7.05 Å². The van der Waals surface area contributed by atoms with Gasteiger partial charge in [0.25, 0.3) is 0 Å². The Morgan fingerprint density at radius 1 is 1.40 bits per heavy atom. The quantitative estimate of drug-likeness (QED) is 0.831. The lowest BCUT2D eigenvalue weighted by Crippen LogP contribution is -2.08. The smallest absolute Gasteiger partial charge is 0.226 e. The number of ether oxygens (including phenoxy) is 1. The molecule has 2 rings (SSSR count). The molecule has 0 aliphatic carbocycles. The maximum absolute atomic E-state index is 5.89. The third-order valence-corrected chi connectivity index (χ3v) is 2.79. The number of aryl methyl sites for hydroxylation is 2. The summed E-state index contributed by atoms with van der Waals surface area (Å²) >= 11 is 0. The van der Waals surface area contributed by atoms with Crippen LogP contribution in [0.3, 0.4) is 0 Å². The minimum absolute atomic E-state index is 0.524. The van der Waals surface area contributed by atoms with Gasteiger partial charge in [-0.05, 0) is 13.3 Å². The molecule has 0 fully saturated rings. The summed E-state index contributed by atoms with van der Waals surface area (Å²) in [5.74, 6) is 1.74. The first-order valence-electron chi connectivity index (χ1n) is 6.59. The molecule has 2 heterocycles. The SMILES string of the molecule is CCCOc1cc(C)nc(NCc2cnn(C)c2N)n1. The lowest BCUT2D eigenvalue weighted by molar-refractivity contribution is 0.305. The summed E-state index contributed by atoms with van der Waals surface area (Å²) in [6, 6.07) is 1.82. The Bertz CT molecular complexity index is 580. The summed E-state index contributed by atoms with van der Waals surface area (Å²) in [4.78, 5) is 8.63. The van der Waals surface area contributed by atoms with E-state index in [0.717, 1.165) is 17.7 Å². The standard InChI is InChI=1S/C13H20N6O/c1-4-5-20-11-6-9(2)17-13(18-11)15-7-10-8-16-19(3)12(10)14/h6,8H,4-5,7,14H2,1-3H3,(H,15,17,18). The monoisotopic (exact) mass is 276 g/mol. The molecule has 20 heavy (non-hydrogen) atoms. The predicted molar refractivity (Wildman–Crippen MR) is 77.5 cm³/mol. The maximum Gasteiger partial charge on any atom is 0.226 e. The summed E-state index contributed by atoms with van der Waals surface area (Å²) in [7, 11) is 1.80. The van der Waals surface area contributed by atoms with Gasteiger partial charge < -0.3 is 15.8 Å². The molecule has 2 aromatic rings. The molecule has 0 radical (unpaired) electrons. The second-order valence-electron chi connectivity index (χ2n) is 4.55. The highest BCUT2D eigenvalue weighted by molar-refractivity contribution is 5.41. The molecular formula is C13H20N6O. The Labute approximate surface area is 118 Å². The van der Waals surface area contributed by atoms with E-state index in [2.05, 4.69) is 27.3 Å². The fraction of sp³-hybridized carbons (Fsp3) is 0.462. The van der Waals surface area contributed by atoms with Gasteiger partial charge in [-0.15, -0.1) is 0 Å². The second-order valence-corrected chi connectivity index (χ2v) is 4.55. The van der Waals surface area contributed by atoms with Crippen LogP contribution in [0.5, 0.6) is 5.88 Å². The van der Waals surface area contributed by atoms with Crippen molar-refractivity contribution in [1.29, 1.82) is 0 Å². The molecule has 0 saturated carbocycles. The minimum atomic E-state index is 0.524. The first-order valence-corrected chi connectivity index (χ1v) is 6.59. The van der Waals surface area contributed by atoms with Crippen LogP contribution in [0.1, 0.15) is 24.6 Å². The summed E-state index contributed by atoms with van der Waals surface area (Å²) in [5, 5.41) is 7.23. The van der Waals surface area contributed by atoms with E-state index in [-0.39, 0.29) is 0 Å². The molecular weight excluding hydrogens is 256 g/mol. The number of nitrogens with zero attached hydrogens (tertiary/aromatic N) is 4. The summed E-state index contributed by atoms with van der Waals surface area (Å²) in [6.07, 6.45) is 2.67. The lowest BCUT2D eigenvalue weighted by atomic mass is 10.3. The van der Waals surface area contributed by atoms with E-state index in [9.17, 15) is 0 Å². The largest absolute Gasteiger partial charge is 0.478 e. The number of anilines is 2. The van der Waals surface area contributed by atoms with E-state index in [0.29, 0.717) is 30.8 Å². The number of nitrogens with two attached hydrogens (primary N) is 1. The van der Waals surface area contributed by atoms with Gasteiger partial charge in [-0.25, -0.2) is 4.98 Å². The minimum Gasteiger partial charge on any atom is -0.478 e. The van der Waals surface area contributed by atoms with Crippen molar-refractivity contribution in [2.75, 3.05) is 17.7 Å². The third-order valence-electron chi connectivity index (χ3n) is 2.79. The summed E-state index contributed by atoms with van der Waals surface area (Å²) < 4.78 is 7.15. The van der Waals surface area contributed by atoms with Gasteiger partial charge in [0.1, 0.15) is 5.82 Å². The van der Waals surface area contributed by atoms with Crippen LogP contribution >= 0.6 is 0 Å². The number of hydrogen-bond donors (Lipinski definition) is 2. The maximum atomic E-state index is 5.89. The van der Waals surface area contributed by atoms with Crippen LogP contribution in [0.4, 0.5) is 11.8 Å². The molecule has 0 atom stereocenters. The molecule has 3 N–H and O–H groups in total. The molecule has 2 aromatic heterocycles. The number of nitrogen functional groups attached to an aromatic ring is 1. The highest BCUT2D eigenvalue weighted by Gasteiger charge is 2.07. The van der Waals surface area contributed by atoms with Gasteiger partial charge in [0, 0.05) is 30.9 Å². The van der Waals surface area contributed by atoms with Gasteiger partial charge >= 0.3 is 0 Å². The average molecular weight is 276 g/mol. The third kappa shape index (κ3) is 3.37. The zero-order valence-corrected chi connectivity index (χ0v) is 12.1. The normalized spacial score (nSPS) is 10.6. The Balaban J connectivity index is 2.05. The van der Waals surface area contributed by atoms with Crippen LogP contribution in [0.15, 0.2) is 12.3 Å². The lowest BCUT2D eigenvalue weighted by Gasteiger charge is -2.08. The predicted octanol–water partition coefficient (Wildman–Crippen LogP) is 1.50. The summed E-state index contributed by atoms with van der Waals surface area (Å²) in [6.45, 7) is 5.13. The molecule has 108 valence electrons. The molecule has 0 bridgehead atoms.